The van der Waals surface area contributed by atoms with E-state index in [0.717, 1.165) is 36.7 Å². The van der Waals surface area contributed by atoms with E-state index in [1.54, 1.807) is 0 Å². The molecule has 2 aliphatic rings. The van der Waals surface area contributed by atoms with Gasteiger partial charge in [-0.2, -0.15) is 0 Å². The Labute approximate surface area is 209 Å². The van der Waals surface area contributed by atoms with E-state index in [2.05, 4.69) is 54.1 Å². The SMILES string of the molecule is CC(C)(C)c1ccc(-c2nnc(SCC(=O)N3CCN(Cc4ccc5c(c4)OCO5)CC3)o2)cc1. The summed E-state index contributed by atoms with van der Waals surface area (Å²) in [5.74, 6) is 2.45. The third-order valence-electron chi connectivity index (χ3n) is 6.29. The lowest BCUT2D eigenvalue weighted by Gasteiger charge is -2.34. The van der Waals surface area contributed by atoms with Gasteiger partial charge in [0, 0.05) is 38.3 Å². The summed E-state index contributed by atoms with van der Waals surface area (Å²) in [7, 11) is 0. The van der Waals surface area contributed by atoms with Gasteiger partial charge in [0.1, 0.15) is 0 Å². The van der Waals surface area contributed by atoms with E-state index < -0.39 is 0 Å². The van der Waals surface area contributed by atoms with Crippen molar-refractivity contribution >= 4 is 17.7 Å². The number of piperazine rings is 1. The first kappa shape index (κ1) is 23.7. The van der Waals surface area contributed by atoms with Gasteiger partial charge >= 0.3 is 0 Å². The summed E-state index contributed by atoms with van der Waals surface area (Å²) in [5, 5.41) is 8.68. The lowest BCUT2D eigenvalue weighted by atomic mass is 9.87. The second-order valence-electron chi connectivity index (χ2n) is 9.83. The second-order valence-corrected chi connectivity index (χ2v) is 10.8. The monoisotopic (exact) mass is 494 g/mol. The number of hydrogen-bond donors (Lipinski definition) is 0. The molecule has 184 valence electrons. The van der Waals surface area contributed by atoms with E-state index in [1.807, 2.05) is 29.2 Å². The molecule has 0 radical (unpaired) electrons. The Morgan fingerprint density at radius 2 is 1.71 bits per heavy atom. The van der Waals surface area contributed by atoms with Crippen molar-refractivity contribution in [2.24, 2.45) is 0 Å². The van der Waals surface area contributed by atoms with Crippen molar-refractivity contribution in [3.05, 3.63) is 53.6 Å². The molecule has 1 amide bonds. The Kier molecular flexibility index (Phi) is 6.71. The maximum Gasteiger partial charge on any atom is 0.277 e. The number of hydrogen-bond acceptors (Lipinski definition) is 8. The van der Waals surface area contributed by atoms with Gasteiger partial charge in [-0.3, -0.25) is 9.69 Å². The molecule has 3 aromatic rings. The zero-order valence-corrected chi connectivity index (χ0v) is 21.1. The van der Waals surface area contributed by atoms with Gasteiger partial charge in [-0.1, -0.05) is 50.7 Å². The fraction of sp³-hybridized carbons (Fsp3) is 0.423. The zero-order valence-electron chi connectivity index (χ0n) is 20.3. The summed E-state index contributed by atoms with van der Waals surface area (Å²) in [5.41, 5.74) is 3.40. The third-order valence-corrected chi connectivity index (χ3v) is 7.09. The summed E-state index contributed by atoms with van der Waals surface area (Å²) in [6, 6.07) is 14.2. The van der Waals surface area contributed by atoms with Crippen LogP contribution in [0, 0.1) is 0 Å². The topological polar surface area (TPSA) is 80.9 Å². The number of benzene rings is 2. The molecule has 1 fully saturated rings. The summed E-state index contributed by atoms with van der Waals surface area (Å²) in [6.07, 6.45) is 0. The van der Waals surface area contributed by atoms with E-state index in [9.17, 15) is 4.79 Å². The normalized spacial score (nSPS) is 16.0. The molecule has 0 saturated carbocycles. The Bertz CT molecular complexity index is 1180. The molecule has 8 nitrogen and oxygen atoms in total. The first-order valence-electron chi connectivity index (χ1n) is 11.8. The molecular formula is C26H30N4O4S. The molecule has 1 aromatic heterocycles. The van der Waals surface area contributed by atoms with Crippen molar-refractivity contribution in [3.8, 4) is 23.0 Å². The summed E-state index contributed by atoms with van der Waals surface area (Å²) >= 11 is 1.29. The Hall–Kier alpha value is -3.04. The summed E-state index contributed by atoms with van der Waals surface area (Å²) in [6.45, 7) is 10.7. The number of carbonyl (C=O) groups excluding carboxylic acids is 1. The average Bonchev–Trinajstić information content (AvgIpc) is 3.52. The number of ether oxygens (including phenoxy) is 2. The van der Waals surface area contributed by atoms with Crippen LogP contribution in [0.3, 0.4) is 0 Å². The van der Waals surface area contributed by atoms with Crippen LogP contribution in [-0.2, 0) is 16.8 Å². The molecule has 0 spiro atoms. The van der Waals surface area contributed by atoms with Crippen molar-refractivity contribution in [3.63, 3.8) is 0 Å². The highest BCUT2D eigenvalue weighted by molar-refractivity contribution is 7.99. The maximum atomic E-state index is 12.7. The Morgan fingerprint density at radius 1 is 0.971 bits per heavy atom. The average molecular weight is 495 g/mol. The standard InChI is InChI=1S/C26H30N4O4S/c1-26(2,3)20-7-5-19(6-8-20)24-27-28-25(34-24)35-16-23(31)30-12-10-29(11-13-30)15-18-4-9-21-22(14-18)33-17-32-21/h4-9,14H,10-13,15-17H2,1-3H3. The summed E-state index contributed by atoms with van der Waals surface area (Å²) < 4.78 is 16.6. The van der Waals surface area contributed by atoms with E-state index >= 15 is 0 Å². The van der Waals surface area contributed by atoms with Crippen LogP contribution in [0.2, 0.25) is 0 Å². The molecule has 1 saturated heterocycles. The largest absolute Gasteiger partial charge is 0.454 e. The molecule has 0 atom stereocenters. The molecular weight excluding hydrogens is 464 g/mol. The highest BCUT2D eigenvalue weighted by Crippen LogP contribution is 2.33. The molecule has 0 unspecified atom stereocenters. The minimum Gasteiger partial charge on any atom is -0.454 e. The molecule has 0 aliphatic carbocycles. The third kappa shape index (κ3) is 5.62. The van der Waals surface area contributed by atoms with Gasteiger partial charge in [0.25, 0.3) is 5.22 Å². The predicted molar refractivity (Wildman–Crippen MR) is 134 cm³/mol. The van der Waals surface area contributed by atoms with Gasteiger partial charge in [0.2, 0.25) is 18.6 Å². The van der Waals surface area contributed by atoms with Gasteiger partial charge in [0.15, 0.2) is 11.5 Å². The summed E-state index contributed by atoms with van der Waals surface area (Å²) in [4.78, 5) is 17.0. The molecule has 5 rings (SSSR count). The Balaban J connectivity index is 1.08. The van der Waals surface area contributed by atoms with Gasteiger partial charge in [0.05, 0.1) is 5.75 Å². The zero-order chi connectivity index (χ0) is 24.4. The lowest BCUT2D eigenvalue weighted by Crippen LogP contribution is -2.48. The van der Waals surface area contributed by atoms with Crippen LogP contribution in [0.1, 0.15) is 31.9 Å². The van der Waals surface area contributed by atoms with Crippen LogP contribution in [-0.4, -0.2) is 64.6 Å². The fourth-order valence-electron chi connectivity index (χ4n) is 4.17. The van der Waals surface area contributed by atoms with Crippen LogP contribution < -0.4 is 9.47 Å². The number of carbonyl (C=O) groups is 1. The number of aromatic nitrogens is 2. The highest BCUT2D eigenvalue weighted by Gasteiger charge is 2.23. The Morgan fingerprint density at radius 3 is 2.46 bits per heavy atom. The number of thioether (sulfide) groups is 1. The van der Waals surface area contributed by atoms with Crippen molar-refractivity contribution < 1.29 is 18.7 Å². The number of rotatable bonds is 6. The number of amides is 1. The van der Waals surface area contributed by atoms with E-state index in [-0.39, 0.29) is 23.9 Å². The predicted octanol–water partition coefficient (Wildman–Crippen LogP) is 4.20. The van der Waals surface area contributed by atoms with Crippen LogP contribution in [0.15, 0.2) is 52.1 Å². The smallest absolute Gasteiger partial charge is 0.277 e. The number of fused-ring (bicyclic) bond motifs is 1. The van der Waals surface area contributed by atoms with E-state index in [0.29, 0.717) is 24.2 Å². The van der Waals surface area contributed by atoms with Crippen molar-refractivity contribution in [1.82, 2.24) is 20.0 Å². The molecule has 9 heteroatoms. The first-order valence-corrected chi connectivity index (χ1v) is 12.8. The van der Waals surface area contributed by atoms with Gasteiger partial charge in [-0.15, -0.1) is 10.2 Å². The van der Waals surface area contributed by atoms with Gasteiger partial charge < -0.3 is 18.8 Å². The van der Waals surface area contributed by atoms with Crippen molar-refractivity contribution in [2.75, 3.05) is 38.7 Å². The van der Waals surface area contributed by atoms with Crippen molar-refractivity contribution in [2.45, 2.75) is 38.0 Å². The van der Waals surface area contributed by atoms with E-state index in [4.69, 9.17) is 13.9 Å². The minimum atomic E-state index is 0.0894. The quantitative estimate of drug-likeness (QED) is 0.472. The van der Waals surface area contributed by atoms with Crippen LogP contribution in [0.4, 0.5) is 0 Å². The first-order chi connectivity index (χ1) is 16.8. The highest BCUT2D eigenvalue weighted by atomic mass is 32.2. The maximum absolute atomic E-state index is 12.7. The van der Waals surface area contributed by atoms with Gasteiger partial charge in [-0.25, -0.2) is 0 Å². The van der Waals surface area contributed by atoms with Gasteiger partial charge in [-0.05, 0) is 40.8 Å². The molecule has 0 bridgehead atoms. The minimum absolute atomic E-state index is 0.0894. The molecule has 35 heavy (non-hydrogen) atoms. The molecule has 0 N–H and O–H groups in total. The lowest BCUT2D eigenvalue weighted by molar-refractivity contribution is -0.130. The van der Waals surface area contributed by atoms with Crippen molar-refractivity contribution in [1.29, 1.82) is 0 Å². The van der Waals surface area contributed by atoms with E-state index in [1.165, 1.54) is 22.9 Å². The van der Waals surface area contributed by atoms with Crippen LogP contribution in [0.5, 0.6) is 11.5 Å². The molecule has 2 aliphatic heterocycles. The molecule has 2 aromatic carbocycles. The second kappa shape index (κ2) is 9.91. The van der Waals surface area contributed by atoms with Crippen LogP contribution >= 0.6 is 11.8 Å². The fourth-order valence-corrected chi connectivity index (χ4v) is 4.83. The number of nitrogens with zero attached hydrogens (tertiary/aromatic N) is 4. The molecule has 3 heterocycles. The van der Waals surface area contributed by atoms with Crippen LogP contribution in [0.25, 0.3) is 11.5 Å².